The first-order valence-corrected chi connectivity index (χ1v) is 9.08. The lowest BCUT2D eigenvalue weighted by Crippen LogP contribution is -2.24. The highest BCUT2D eigenvalue weighted by Crippen LogP contribution is 2.17. The van der Waals surface area contributed by atoms with Crippen molar-refractivity contribution in [3.05, 3.63) is 90.0 Å². The van der Waals surface area contributed by atoms with E-state index in [4.69, 9.17) is 14.2 Å². The van der Waals surface area contributed by atoms with Crippen LogP contribution in [0.1, 0.15) is 11.1 Å². The average Bonchev–Trinajstić information content (AvgIpc) is 2.78. The van der Waals surface area contributed by atoms with Gasteiger partial charge in [0.2, 0.25) is 0 Å². The monoisotopic (exact) mass is 390 g/mol. The van der Waals surface area contributed by atoms with Gasteiger partial charge in [0, 0.05) is 0 Å². The minimum Gasteiger partial charge on any atom is -0.497 e. The summed E-state index contributed by atoms with van der Waals surface area (Å²) in [4.78, 5) is 11.9. The Morgan fingerprint density at radius 3 is 2.41 bits per heavy atom. The van der Waals surface area contributed by atoms with Crippen molar-refractivity contribution in [2.75, 3.05) is 13.7 Å². The Bertz CT molecular complexity index is 941. The molecule has 3 rings (SSSR count). The molecule has 3 aromatic carbocycles. The van der Waals surface area contributed by atoms with Crippen LogP contribution in [0.5, 0.6) is 17.2 Å². The van der Waals surface area contributed by atoms with E-state index < -0.39 is 0 Å². The van der Waals surface area contributed by atoms with Crippen LogP contribution >= 0.6 is 0 Å². The van der Waals surface area contributed by atoms with Crippen LogP contribution in [0.2, 0.25) is 0 Å². The summed E-state index contributed by atoms with van der Waals surface area (Å²) in [5.41, 5.74) is 4.35. The number of rotatable bonds is 9. The van der Waals surface area contributed by atoms with Crippen molar-refractivity contribution in [1.82, 2.24) is 5.43 Å². The van der Waals surface area contributed by atoms with E-state index in [0.29, 0.717) is 12.4 Å². The van der Waals surface area contributed by atoms with Crippen molar-refractivity contribution in [3.8, 4) is 17.2 Å². The summed E-state index contributed by atoms with van der Waals surface area (Å²) >= 11 is 0. The number of benzene rings is 3. The highest BCUT2D eigenvalue weighted by molar-refractivity contribution is 5.83. The zero-order valence-corrected chi connectivity index (χ0v) is 16.1. The van der Waals surface area contributed by atoms with Gasteiger partial charge in [0.25, 0.3) is 5.91 Å². The van der Waals surface area contributed by atoms with Crippen molar-refractivity contribution in [2.45, 2.75) is 6.61 Å². The second-order valence-electron chi connectivity index (χ2n) is 6.10. The Kier molecular flexibility index (Phi) is 7.23. The molecule has 0 aromatic heterocycles. The van der Waals surface area contributed by atoms with E-state index in [-0.39, 0.29) is 12.5 Å². The van der Waals surface area contributed by atoms with Gasteiger partial charge in [-0.3, -0.25) is 4.79 Å². The molecule has 29 heavy (non-hydrogen) atoms. The molecule has 6 heteroatoms. The Hall–Kier alpha value is -3.80. The highest BCUT2D eigenvalue weighted by Gasteiger charge is 2.02. The van der Waals surface area contributed by atoms with E-state index in [1.54, 1.807) is 37.6 Å². The van der Waals surface area contributed by atoms with Crippen LogP contribution in [0.25, 0.3) is 0 Å². The third-order valence-corrected chi connectivity index (χ3v) is 3.94. The third kappa shape index (κ3) is 6.70. The molecule has 0 heterocycles. The zero-order valence-electron chi connectivity index (χ0n) is 16.1. The molecule has 0 saturated carbocycles. The van der Waals surface area contributed by atoms with Crippen molar-refractivity contribution >= 4 is 12.1 Å². The van der Waals surface area contributed by atoms with E-state index in [2.05, 4.69) is 10.5 Å². The molecular weight excluding hydrogens is 368 g/mol. The predicted molar refractivity (Wildman–Crippen MR) is 111 cm³/mol. The van der Waals surface area contributed by atoms with Crippen molar-refractivity contribution < 1.29 is 19.0 Å². The van der Waals surface area contributed by atoms with Gasteiger partial charge in [0.1, 0.15) is 23.9 Å². The van der Waals surface area contributed by atoms with E-state index in [0.717, 1.165) is 22.6 Å². The molecule has 0 atom stereocenters. The van der Waals surface area contributed by atoms with Gasteiger partial charge < -0.3 is 14.2 Å². The summed E-state index contributed by atoms with van der Waals surface area (Å²) in [5.74, 6) is 1.68. The SMILES string of the molecule is COc1ccc(OCC(=O)N/N=C\c2cccc(OCc3ccccc3)c2)cc1. The van der Waals surface area contributed by atoms with Crippen LogP contribution < -0.4 is 19.6 Å². The number of hydrazone groups is 1. The fourth-order valence-electron chi connectivity index (χ4n) is 2.46. The summed E-state index contributed by atoms with van der Waals surface area (Å²) in [7, 11) is 1.59. The summed E-state index contributed by atoms with van der Waals surface area (Å²) in [6.45, 7) is 0.352. The van der Waals surface area contributed by atoms with Gasteiger partial charge in [0.15, 0.2) is 6.61 Å². The number of methoxy groups -OCH3 is 1. The third-order valence-electron chi connectivity index (χ3n) is 3.94. The molecule has 0 aliphatic heterocycles. The first kappa shape index (κ1) is 19.9. The maximum absolute atomic E-state index is 11.9. The normalized spacial score (nSPS) is 10.5. The largest absolute Gasteiger partial charge is 0.497 e. The Labute approximate surface area is 169 Å². The number of amides is 1. The molecule has 148 valence electrons. The van der Waals surface area contributed by atoms with Gasteiger partial charge in [-0.1, -0.05) is 42.5 Å². The number of nitrogens with one attached hydrogen (secondary N) is 1. The summed E-state index contributed by atoms with van der Waals surface area (Å²) in [5, 5.41) is 3.96. The van der Waals surface area contributed by atoms with Crippen LogP contribution in [-0.2, 0) is 11.4 Å². The number of carbonyl (C=O) groups is 1. The molecule has 0 aliphatic carbocycles. The number of ether oxygens (including phenoxy) is 3. The fourth-order valence-corrected chi connectivity index (χ4v) is 2.46. The second-order valence-corrected chi connectivity index (χ2v) is 6.10. The molecule has 0 bridgehead atoms. The first-order chi connectivity index (χ1) is 14.2. The summed E-state index contributed by atoms with van der Waals surface area (Å²) < 4.78 is 16.3. The van der Waals surface area contributed by atoms with Gasteiger partial charge in [-0.05, 0) is 47.5 Å². The molecule has 3 aromatic rings. The number of nitrogens with zero attached hydrogens (tertiary/aromatic N) is 1. The molecular formula is C23H22N2O4. The van der Waals surface area contributed by atoms with Gasteiger partial charge in [-0.25, -0.2) is 5.43 Å². The van der Waals surface area contributed by atoms with Crippen molar-refractivity contribution in [1.29, 1.82) is 0 Å². The smallest absolute Gasteiger partial charge is 0.277 e. The zero-order chi connectivity index (χ0) is 20.3. The molecule has 0 saturated heterocycles. The first-order valence-electron chi connectivity index (χ1n) is 9.08. The fraction of sp³-hybridized carbons (Fsp3) is 0.130. The van der Waals surface area contributed by atoms with E-state index in [1.807, 2.05) is 54.6 Å². The van der Waals surface area contributed by atoms with E-state index in [9.17, 15) is 4.79 Å². The molecule has 1 amide bonds. The van der Waals surface area contributed by atoms with Crippen LogP contribution in [-0.4, -0.2) is 25.8 Å². The molecule has 0 radical (unpaired) electrons. The molecule has 6 nitrogen and oxygen atoms in total. The molecule has 1 N–H and O–H groups in total. The molecule has 0 spiro atoms. The lowest BCUT2D eigenvalue weighted by Gasteiger charge is -2.07. The maximum atomic E-state index is 11.9. The van der Waals surface area contributed by atoms with Crippen LogP contribution in [0.4, 0.5) is 0 Å². The van der Waals surface area contributed by atoms with Gasteiger partial charge >= 0.3 is 0 Å². The van der Waals surface area contributed by atoms with Crippen LogP contribution in [0, 0.1) is 0 Å². The van der Waals surface area contributed by atoms with Gasteiger partial charge in [-0.2, -0.15) is 5.10 Å². The second kappa shape index (κ2) is 10.5. The predicted octanol–water partition coefficient (Wildman–Crippen LogP) is 3.80. The van der Waals surface area contributed by atoms with Crippen LogP contribution in [0.15, 0.2) is 84.0 Å². The topological polar surface area (TPSA) is 69.2 Å². The highest BCUT2D eigenvalue weighted by atomic mass is 16.5. The number of hydrogen-bond donors (Lipinski definition) is 1. The van der Waals surface area contributed by atoms with Gasteiger partial charge in [0.05, 0.1) is 13.3 Å². The minimum absolute atomic E-state index is 0.135. The maximum Gasteiger partial charge on any atom is 0.277 e. The van der Waals surface area contributed by atoms with Crippen molar-refractivity contribution in [3.63, 3.8) is 0 Å². The minimum atomic E-state index is -0.353. The molecule has 0 fully saturated rings. The number of hydrogen-bond acceptors (Lipinski definition) is 5. The van der Waals surface area contributed by atoms with E-state index in [1.165, 1.54) is 0 Å². The Morgan fingerprint density at radius 1 is 0.897 bits per heavy atom. The summed E-state index contributed by atoms with van der Waals surface area (Å²) in [6, 6.07) is 24.4. The summed E-state index contributed by atoms with van der Waals surface area (Å²) in [6.07, 6.45) is 1.56. The molecule has 0 aliphatic rings. The van der Waals surface area contributed by atoms with E-state index >= 15 is 0 Å². The quantitative estimate of drug-likeness (QED) is 0.446. The standard InChI is InChI=1S/C23H22N2O4/c1-27-20-10-12-21(13-11-20)29-17-23(26)25-24-15-19-8-5-9-22(14-19)28-16-18-6-3-2-4-7-18/h2-15H,16-17H2,1H3,(H,25,26)/b24-15-. The average molecular weight is 390 g/mol. The Balaban J connectivity index is 1.44. The molecule has 0 unspecified atom stereocenters. The van der Waals surface area contributed by atoms with Crippen molar-refractivity contribution in [2.24, 2.45) is 5.10 Å². The van der Waals surface area contributed by atoms with Crippen LogP contribution in [0.3, 0.4) is 0 Å². The lowest BCUT2D eigenvalue weighted by molar-refractivity contribution is -0.123. The Morgan fingerprint density at radius 2 is 1.66 bits per heavy atom. The number of carbonyl (C=O) groups excluding carboxylic acids is 1. The van der Waals surface area contributed by atoms with Gasteiger partial charge in [-0.15, -0.1) is 0 Å². The lowest BCUT2D eigenvalue weighted by atomic mass is 10.2.